The average Bonchev–Trinajstić information content (AvgIpc) is 3.83. The zero-order valence-corrected chi connectivity index (χ0v) is 41.8. The van der Waals surface area contributed by atoms with Gasteiger partial charge >= 0.3 is 0 Å². The Kier molecular flexibility index (Phi) is 14.4. The molecule has 3 amide bonds. The first kappa shape index (κ1) is 46.9. The smallest absolute Gasteiger partial charge is 0.260 e. The molecule has 1 unspecified atom stereocenters. The Labute approximate surface area is 406 Å². The minimum absolute atomic E-state index is 0. The molecule has 9 rings (SSSR count). The number of fused-ring (bicyclic) bond motifs is 8. The molecule has 0 saturated heterocycles. The molecule has 0 bridgehead atoms. The average molecular weight is 956 g/mol. The van der Waals surface area contributed by atoms with E-state index in [-0.39, 0.29) is 68.6 Å². The molecule has 1 radical (unpaired) electrons. The maximum Gasteiger partial charge on any atom is 0.260 e. The van der Waals surface area contributed by atoms with Crippen molar-refractivity contribution in [3.05, 3.63) is 136 Å². The van der Waals surface area contributed by atoms with Gasteiger partial charge in [-0.1, -0.05) is 55.4 Å². The maximum atomic E-state index is 13.9. The third kappa shape index (κ3) is 8.73. The van der Waals surface area contributed by atoms with Gasteiger partial charge in [-0.05, 0) is 111 Å². The Morgan fingerprint density at radius 1 is 0.781 bits per heavy atom. The third-order valence-electron chi connectivity index (χ3n) is 12.9. The molecule has 0 N–H and O–H groups in total. The second kappa shape index (κ2) is 19.6. The number of benzene rings is 5. The van der Waals surface area contributed by atoms with E-state index in [1.165, 1.54) is 22.9 Å². The molecule has 4 aliphatic rings. The third-order valence-corrected chi connectivity index (χ3v) is 13.4. The Bertz CT molecular complexity index is 2590. The van der Waals surface area contributed by atoms with Gasteiger partial charge < -0.3 is 38.7 Å². The van der Waals surface area contributed by atoms with Crippen LogP contribution in [0.5, 0.6) is 17.2 Å². The van der Waals surface area contributed by atoms with Gasteiger partial charge in [-0.15, -0.1) is 0 Å². The SMILES string of the molecule is CCc1cc(COc2cc3c(cc2C)C(=O)N2c4ccccc4C[C@H]2C(C)N3C)cc(N(C)C(=O)CSC)c1.COc1cc2c(cc1OC)N(C)[CH-][C@@H]1Cc3ccccc3N1C2=O.[Y]. The van der Waals surface area contributed by atoms with Crippen LogP contribution >= 0.6 is 11.8 Å². The van der Waals surface area contributed by atoms with Crippen LogP contribution in [0.4, 0.5) is 28.4 Å². The molecule has 3 atom stereocenters. The van der Waals surface area contributed by atoms with Crippen LogP contribution in [0.15, 0.2) is 91.0 Å². The van der Waals surface area contributed by atoms with E-state index in [2.05, 4.69) is 62.7 Å². The fourth-order valence-electron chi connectivity index (χ4n) is 9.31. The number of aryl methyl sites for hydroxylation is 2. The number of nitrogens with zero attached hydrogens (tertiary/aromatic N) is 5. The topological polar surface area (TPSA) is 95.1 Å². The molecule has 5 aromatic carbocycles. The molecule has 4 aliphatic heterocycles. The molecule has 0 fully saturated rings. The number of thioether (sulfide) groups is 1. The number of methoxy groups -OCH3 is 2. The molecule has 331 valence electrons. The van der Waals surface area contributed by atoms with E-state index >= 15 is 0 Å². The van der Waals surface area contributed by atoms with Crippen LogP contribution in [0.3, 0.4) is 0 Å². The van der Waals surface area contributed by atoms with Gasteiger partial charge in [-0.2, -0.15) is 11.8 Å². The number of hydrogen-bond acceptors (Lipinski definition) is 9. The number of anilines is 5. The minimum Gasteiger partial charge on any atom is -0.522 e. The molecular weight excluding hydrogens is 900 g/mol. The summed E-state index contributed by atoms with van der Waals surface area (Å²) >= 11 is 1.52. The van der Waals surface area contributed by atoms with Gasteiger partial charge in [0.25, 0.3) is 11.8 Å². The second-order valence-corrected chi connectivity index (χ2v) is 17.5. The van der Waals surface area contributed by atoms with Gasteiger partial charge in [0.15, 0.2) is 11.5 Å². The van der Waals surface area contributed by atoms with E-state index in [4.69, 9.17) is 14.2 Å². The predicted octanol–water partition coefficient (Wildman–Crippen LogP) is 8.76. The van der Waals surface area contributed by atoms with Crippen LogP contribution in [-0.2, 0) is 63.4 Å². The summed E-state index contributed by atoms with van der Waals surface area (Å²) < 4.78 is 17.2. The molecule has 11 nitrogen and oxygen atoms in total. The standard InChI is InChI=1S/C32H37N3O3S.C19H19N2O3.Y/c1-7-22-13-23(15-25(14-22)34(5)31(36)19-39-6)18-38-30-17-29-26(12-20(30)2)32(37)35-27-11-9-8-10-24(27)16-28(35)21(3)33(29)4;1-20-11-13-8-12-6-4-5-7-15(12)21(13)19(22)14-9-17(23-2)18(24-3)10-16(14)20;/h8-15,17,21,28H,7,16,18-19H2,1-6H3;4-7,9-11,13H,8H2,1-3H3;/q;-1;/t21?,28-;13-;/m00./s1. The number of hydrogen-bond donors (Lipinski definition) is 0. The fourth-order valence-corrected chi connectivity index (χ4v) is 9.75. The number of likely N-dealkylation sites (N-methyl/N-ethyl adjacent to an activating group) is 2. The van der Waals surface area contributed by atoms with Gasteiger partial charge in [-0.25, -0.2) is 6.54 Å². The van der Waals surface area contributed by atoms with Crippen molar-refractivity contribution in [2.45, 2.75) is 64.8 Å². The Hall–Kier alpha value is -5.04. The number of amides is 3. The number of carbonyl (C=O) groups is 3. The van der Waals surface area contributed by atoms with Gasteiger partial charge in [0.05, 0.1) is 42.8 Å². The largest absolute Gasteiger partial charge is 0.522 e. The quantitative estimate of drug-likeness (QED) is 0.135. The van der Waals surface area contributed by atoms with E-state index in [1.807, 2.05) is 96.6 Å². The van der Waals surface area contributed by atoms with Crippen molar-refractivity contribution in [2.24, 2.45) is 0 Å². The van der Waals surface area contributed by atoms with E-state index in [9.17, 15) is 14.4 Å². The summed E-state index contributed by atoms with van der Waals surface area (Å²) in [5.74, 6) is 2.50. The minimum atomic E-state index is -0.0125. The van der Waals surface area contributed by atoms with Gasteiger partial charge in [0.1, 0.15) is 12.4 Å². The van der Waals surface area contributed by atoms with Crippen LogP contribution in [0.1, 0.15) is 62.4 Å². The summed E-state index contributed by atoms with van der Waals surface area (Å²) in [5, 5.41) is 0. The van der Waals surface area contributed by atoms with Crippen molar-refractivity contribution in [2.75, 3.05) is 71.9 Å². The van der Waals surface area contributed by atoms with Crippen molar-refractivity contribution in [1.29, 1.82) is 0 Å². The number of ether oxygens (including phenoxy) is 3. The number of rotatable bonds is 9. The summed E-state index contributed by atoms with van der Waals surface area (Å²) in [6.45, 7) is 8.77. The molecular formula is C51H56N5O6SY-. The van der Waals surface area contributed by atoms with Crippen molar-refractivity contribution in [1.82, 2.24) is 0 Å². The van der Waals surface area contributed by atoms with Gasteiger partial charge in [0, 0.05) is 87.7 Å². The Morgan fingerprint density at radius 2 is 1.38 bits per heavy atom. The van der Waals surface area contributed by atoms with Crippen molar-refractivity contribution in [3.63, 3.8) is 0 Å². The predicted molar refractivity (Wildman–Crippen MR) is 255 cm³/mol. The molecule has 0 spiro atoms. The van der Waals surface area contributed by atoms with Crippen LogP contribution in [0.25, 0.3) is 0 Å². The van der Waals surface area contributed by atoms with Crippen LogP contribution in [-0.4, -0.2) is 83.2 Å². The van der Waals surface area contributed by atoms with E-state index in [1.54, 1.807) is 25.2 Å². The molecule has 0 aliphatic carbocycles. The van der Waals surface area contributed by atoms with Crippen LogP contribution in [0.2, 0.25) is 0 Å². The van der Waals surface area contributed by atoms with Crippen molar-refractivity contribution >= 4 is 57.9 Å². The maximum absolute atomic E-state index is 13.9. The first-order valence-corrected chi connectivity index (χ1v) is 22.8. The summed E-state index contributed by atoms with van der Waals surface area (Å²) in [5.41, 5.74) is 11.4. The monoisotopic (exact) mass is 955 g/mol. The van der Waals surface area contributed by atoms with E-state index in [0.717, 1.165) is 70.1 Å². The summed E-state index contributed by atoms with van der Waals surface area (Å²) in [6.07, 6.45) is 4.49. The Balaban J connectivity index is 0.000000210. The molecule has 4 heterocycles. The molecule has 13 heteroatoms. The molecule has 0 saturated carbocycles. The van der Waals surface area contributed by atoms with Gasteiger partial charge in [-0.3, -0.25) is 14.4 Å². The molecule has 64 heavy (non-hydrogen) atoms. The zero-order valence-electron chi connectivity index (χ0n) is 38.2. The van der Waals surface area contributed by atoms with Crippen molar-refractivity contribution < 1.29 is 61.3 Å². The first-order valence-electron chi connectivity index (χ1n) is 21.4. The summed E-state index contributed by atoms with van der Waals surface area (Å²) in [4.78, 5) is 49.5. The van der Waals surface area contributed by atoms with Crippen LogP contribution < -0.4 is 38.7 Å². The fraction of sp³-hybridized carbons (Fsp3) is 0.333. The first-order chi connectivity index (χ1) is 30.4. The number of para-hydroxylation sites is 2. The summed E-state index contributed by atoms with van der Waals surface area (Å²) in [6, 6.07) is 30.4. The van der Waals surface area contributed by atoms with Gasteiger partial charge in [0.2, 0.25) is 5.91 Å². The zero-order chi connectivity index (χ0) is 44.7. The van der Waals surface area contributed by atoms with E-state index < -0.39 is 0 Å². The molecule has 5 aromatic rings. The number of carbonyl (C=O) groups excluding carboxylic acids is 3. The van der Waals surface area contributed by atoms with Crippen molar-refractivity contribution in [3.8, 4) is 17.2 Å². The van der Waals surface area contributed by atoms with E-state index in [0.29, 0.717) is 35.0 Å². The second-order valence-electron chi connectivity index (χ2n) is 16.7. The Morgan fingerprint density at radius 3 is 2.05 bits per heavy atom. The summed E-state index contributed by atoms with van der Waals surface area (Å²) in [7, 11) is 9.04. The molecule has 0 aromatic heterocycles. The normalized spacial score (nSPS) is 17.9. The van der Waals surface area contributed by atoms with Crippen LogP contribution in [0, 0.1) is 13.5 Å².